The lowest BCUT2D eigenvalue weighted by molar-refractivity contribution is 0.415. The third-order valence-corrected chi connectivity index (χ3v) is 5.78. The van der Waals surface area contributed by atoms with Gasteiger partial charge < -0.3 is 0 Å². The van der Waals surface area contributed by atoms with Gasteiger partial charge in [0.25, 0.3) is 0 Å². The summed E-state index contributed by atoms with van der Waals surface area (Å²) in [5.74, 6) is 0.934. The summed E-state index contributed by atoms with van der Waals surface area (Å²) in [4.78, 5) is 0. The molecule has 1 radical (unpaired) electrons. The van der Waals surface area contributed by atoms with Gasteiger partial charge in [0.05, 0.1) is 0 Å². The molecule has 2 aliphatic carbocycles. The maximum absolute atomic E-state index is 2.83. The first kappa shape index (κ1) is 16.4. The fraction of sp³-hybridized carbons (Fsp3) is 1.00. The van der Waals surface area contributed by atoms with Crippen LogP contribution in [0.5, 0.6) is 0 Å². The summed E-state index contributed by atoms with van der Waals surface area (Å²) in [6.45, 7) is 2.58. The topological polar surface area (TPSA) is 0 Å². The average molecular weight is 275 g/mol. The monoisotopic (exact) mass is 275 g/mol. The van der Waals surface area contributed by atoms with Crippen LogP contribution in [-0.2, 0) is 0 Å². The van der Waals surface area contributed by atoms with E-state index in [0.29, 0.717) is 5.31 Å². The Kier molecular flexibility index (Phi) is 7.53. The van der Waals surface area contributed by atoms with Crippen molar-refractivity contribution in [3.05, 3.63) is 0 Å². The smallest absolute Gasteiger partial charge is 0.0682 e. The molecule has 0 saturated heterocycles. The van der Waals surface area contributed by atoms with Gasteiger partial charge in [0, 0.05) is 0 Å². The second-order valence-corrected chi connectivity index (χ2v) is 7.90. The van der Waals surface area contributed by atoms with E-state index in [-0.39, 0.29) is 0 Å². The molecule has 0 aromatic heterocycles. The van der Waals surface area contributed by atoms with Crippen LogP contribution in [0, 0.1) is 0 Å². The summed E-state index contributed by atoms with van der Waals surface area (Å²) in [7, 11) is 2.83. The molecular weight excluding hydrogens is 239 g/mol. The number of hydrogen-bond donors (Lipinski definition) is 0. The molecule has 0 aromatic rings. The Morgan fingerprint density at radius 2 is 1.00 bits per heavy atom. The van der Waals surface area contributed by atoms with Crippen LogP contribution < -0.4 is 0 Å². The minimum Gasteiger partial charge on any atom is -0.0682 e. The molecule has 0 N–H and O–H groups in total. The standard InChI is InChI=1S/C19H36B/c1-19(16-12-8-3-2-4-9-13-17-19)20-18-14-10-6-5-7-11-15-18/h18H,2-17H2,1H3. The molecule has 2 fully saturated rings. The average Bonchev–Trinajstić information content (AvgIpc) is 2.40. The van der Waals surface area contributed by atoms with Crippen LogP contribution in [0.4, 0.5) is 0 Å². The van der Waals surface area contributed by atoms with Crippen LogP contribution in [0.2, 0.25) is 11.1 Å². The second-order valence-electron chi connectivity index (χ2n) is 7.90. The van der Waals surface area contributed by atoms with E-state index >= 15 is 0 Å². The third kappa shape index (κ3) is 6.23. The minimum absolute atomic E-state index is 0.557. The van der Waals surface area contributed by atoms with Gasteiger partial charge in [0.2, 0.25) is 0 Å². The molecule has 115 valence electrons. The zero-order valence-corrected chi connectivity index (χ0v) is 14.0. The molecule has 2 saturated carbocycles. The Morgan fingerprint density at radius 1 is 0.600 bits per heavy atom. The van der Waals surface area contributed by atoms with Crippen LogP contribution in [0.15, 0.2) is 0 Å². The molecule has 2 aliphatic rings. The molecule has 0 heterocycles. The van der Waals surface area contributed by atoms with Crippen molar-refractivity contribution in [3.63, 3.8) is 0 Å². The largest absolute Gasteiger partial charge is 0.121 e. The van der Waals surface area contributed by atoms with Gasteiger partial charge in [-0.2, -0.15) is 0 Å². The van der Waals surface area contributed by atoms with Crippen LogP contribution in [-0.4, -0.2) is 7.28 Å². The predicted molar refractivity (Wildman–Crippen MR) is 91.7 cm³/mol. The second kappa shape index (κ2) is 9.16. The van der Waals surface area contributed by atoms with Gasteiger partial charge in [-0.25, -0.2) is 0 Å². The van der Waals surface area contributed by atoms with Crippen molar-refractivity contribution in [1.82, 2.24) is 0 Å². The summed E-state index contributed by atoms with van der Waals surface area (Å²) in [5, 5.41) is 0.557. The van der Waals surface area contributed by atoms with Crippen molar-refractivity contribution >= 4 is 7.28 Å². The third-order valence-electron chi connectivity index (χ3n) is 5.78. The highest BCUT2D eigenvalue weighted by molar-refractivity contribution is 6.41. The summed E-state index contributed by atoms with van der Waals surface area (Å²) in [5.41, 5.74) is 0. The van der Waals surface area contributed by atoms with Gasteiger partial charge in [-0.05, 0) is 0 Å². The van der Waals surface area contributed by atoms with Gasteiger partial charge in [-0.15, -0.1) is 0 Å². The van der Waals surface area contributed by atoms with Crippen molar-refractivity contribution in [1.29, 1.82) is 0 Å². The summed E-state index contributed by atoms with van der Waals surface area (Å²) in [6.07, 6.45) is 23.7. The maximum atomic E-state index is 2.83. The first-order valence-corrected chi connectivity index (χ1v) is 9.65. The van der Waals surface area contributed by atoms with Crippen LogP contribution in [0.1, 0.15) is 110 Å². The SMILES string of the molecule is CC1([B]C2CCCCCCC2)CCCCCCCCC1. The van der Waals surface area contributed by atoms with Crippen LogP contribution in [0.3, 0.4) is 0 Å². The van der Waals surface area contributed by atoms with Crippen molar-refractivity contribution in [2.24, 2.45) is 0 Å². The number of hydrogen-bond acceptors (Lipinski definition) is 0. The lowest BCUT2D eigenvalue weighted by atomic mass is 9.42. The lowest BCUT2D eigenvalue weighted by Gasteiger charge is -2.34. The van der Waals surface area contributed by atoms with E-state index in [2.05, 4.69) is 14.2 Å². The van der Waals surface area contributed by atoms with E-state index in [1.807, 2.05) is 0 Å². The van der Waals surface area contributed by atoms with Gasteiger partial charge in [0.1, 0.15) is 7.28 Å². The van der Waals surface area contributed by atoms with Crippen LogP contribution >= 0.6 is 0 Å². The first-order chi connectivity index (χ1) is 9.79. The van der Waals surface area contributed by atoms with Gasteiger partial charge in [-0.3, -0.25) is 0 Å². The summed E-state index contributed by atoms with van der Waals surface area (Å²) >= 11 is 0. The molecule has 0 aliphatic heterocycles. The molecule has 20 heavy (non-hydrogen) atoms. The maximum Gasteiger partial charge on any atom is 0.121 e. The van der Waals surface area contributed by atoms with Gasteiger partial charge in [0.15, 0.2) is 0 Å². The lowest BCUT2D eigenvalue weighted by Crippen LogP contribution is -2.23. The molecule has 0 atom stereocenters. The van der Waals surface area contributed by atoms with Crippen molar-refractivity contribution in [2.75, 3.05) is 0 Å². The summed E-state index contributed by atoms with van der Waals surface area (Å²) < 4.78 is 0. The van der Waals surface area contributed by atoms with Crippen molar-refractivity contribution in [2.45, 2.75) is 121 Å². The Morgan fingerprint density at radius 3 is 1.50 bits per heavy atom. The predicted octanol–water partition coefficient (Wildman–Crippen LogP) is 6.93. The van der Waals surface area contributed by atoms with Crippen molar-refractivity contribution in [3.8, 4) is 0 Å². The van der Waals surface area contributed by atoms with E-state index in [1.165, 1.54) is 103 Å². The van der Waals surface area contributed by atoms with E-state index in [0.717, 1.165) is 5.82 Å². The van der Waals surface area contributed by atoms with E-state index in [9.17, 15) is 0 Å². The van der Waals surface area contributed by atoms with Crippen molar-refractivity contribution < 1.29 is 0 Å². The molecular formula is C19H36B. The molecule has 0 unspecified atom stereocenters. The molecule has 1 heteroatoms. The van der Waals surface area contributed by atoms with E-state index in [4.69, 9.17) is 0 Å². The fourth-order valence-electron chi connectivity index (χ4n) is 4.46. The van der Waals surface area contributed by atoms with Crippen LogP contribution in [0.25, 0.3) is 0 Å². The minimum atomic E-state index is 0.557. The van der Waals surface area contributed by atoms with E-state index < -0.39 is 0 Å². The Hall–Kier alpha value is 0.0649. The highest BCUT2D eigenvalue weighted by Gasteiger charge is 2.29. The molecule has 2 rings (SSSR count). The zero-order valence-electron chi connectivity index (χ0n) is 14.0. The van der Waals surface area contributed by atoms with E-state index in [1.54, 1.807) is 0 Å². The summed E-state index contributed by atoms with van der Waals surface area (Å²) in [6, 6.07) is 0. The van der Waals surface area contributed by atoms with Gasteiger partial charge >= 0.3 is 0 Å². The Labute approximate surface area is 128 Å². The molecule has 0 aromatic carbocycles. The fourth-order valence-corrected chi connectivity index (χ4v) is 4.46. The van der Waals surface area contributed by atoms with Gasteiger partial charge in [-0.1, -0.05) is 121 Å². The highest BCUT2D eigenvalue weighted by Crippen LogP contribution is 2.43. The Bertz CT molecular complexity index is 230. The molecule has 0 amide bonds. The normalized spacial score (nSPS) is 27.2. The molecule has 0 nitrogen and oxygen atoms in total. The number of rotatable bonds is 2. The quantitative estimate of drug-likeness (QED) is 0.479. The molecule has 0 spiro atoms. The first-order valence-electron chi connectivity index (χ1n) is 9.65. The zero-order chi connectivity index (χ0) is 14.1. The Balaban J connectivity index is 1.84. The molecule has 0 bridgehead atoms. The highest BCUT2D eigenvalue weighted by atomic mass is 14.2.